The highest BCUT2D eigenvalue weighted by Gasteiger charge is 2.23. The second-order valence-corrected chi connectivity index (χ2v) is 5.34. The van der Waals surface area contributed by atoms with Crippen molar-refractivity contribution in [1.82, 2.24) is 19.8 Å². The molecule has 0 bridgehead atoms. The number of nitrogens with zero attached hydrogens (tertiary/aromatic N) is 4. The fourth-order valence-electron chi connectivity index (χ4n) is 2.45. The van der Waals surface area contributed by atoms with Gasteiger partial charge in [-0.3, -0.25) is 19.7 Å². The second kappa shape index (κ2) is 6.71. The molecule has 0 unspecified atom stereocenters. The molecule has 1 aliphatic rings. The molecule has 1 aliphatic heterocycles. The van der Waals surface area contributed by atoms with Gasteiger partial charge in [-0.25, -0.2) is 0 Å². The van der Waals surface area contributed by atoms with Crippen LogP contribution in [0.3, 0.4) is 0 Å². The number of carbonyl (C=O) groups excluding carboxylic acids is 1. The van der Waals surface area contributed by atoms with Gasteiger partial charge in [-0.2, -0.15) is 5.10 Å². The summed E-state index contributed by atoms with van der Waals surface area (Å²) in [4.78, 5) is 14.1. The number of rotatable bonds is 5. The third-order valence-electron chi connectivity index (χ3n) is 3.43. The van der Waals surface area contributed by atoms with Crippen molar-refractivity contribution in [2.75, 3.05) is 31.6 Å². The van der Waals surface area contributed by atoms with Crippen LogP contribution in [0.1, 0.15) is 5.69 Å². The summed E-state index contributed by atoms with van der Waals surface area (Å²) >= 11 is 0. The first-order chi connectivity index (χ1) is 10.7. The van der Waals surface area contributed by atoms with Crippen LogP contribution in [0.4, 0.5) is 5.88 Å². The number of hydrogen-bond acceptors (Lipinski definition) is 6. The van der Waals surface area contributed by atoms with E-state index < -0.39 is 0 Å². The van der Waals surface area contributed by atoms with E-state index in [0.717, 1.165) is 12.2 Å². The number of anilines is 1. The molecule has 118 valence electrons. The van der Waals surface area contributed by atoms with E-state index in [2.05, 4.69) is 20.5 Å². The minimum Gasteiger partial charge on any atom is -0.374 e. The van der Waals surface area contributed by atoms with Crippen molar-refractivity contribution >= 4 is 11.8 Å². The Hall–Kier alpha value is -2.19. The molecular weight excluding hydrogens is 286 g/mol. The van der Waals surface area contributed by atoms with E-state index in [0.29, 0.717) is 32.1 Å². The first-order valence-electron chi connectivity index (χ1n) is 7.23. The van der Waals surface area contributed by atoms with Gasteiger partial charge in [0.15, 0.2) is 0 Å². The number of aryl methyl sites for hydroxylation is 1. The SMILES string of the molecule is Cc1cc(NC(=O)CN2CCO[C@H](Cn3cccn3)C2)on1. The van der Waals surface area contributed by atoms with Crippen LogP contribution in [0.2, 0.25) is 0 Å². The number of ether oxygens (including phenoxy) is 1. The maximum Gasteiger partial charge on any atom is 0.240 e. The Morgan fingerprint density at radius 3 is 3.18 bits per heavy atom. The molecular formula is C14H19N5O3. The zero-order valence-corrected chi connectivity index (χ0v) is 12.4. The van der Waals surface area contributed by atoms with Crippen molar-refractivity contribution in [3.05, 3.63) is 30.2 Å². The van der Waals surface area contributed by atoms with Gasteiger partial charge in [0.1, 0.15) is 0 Å². The number of amides is 1. The van der Waals surface area contributed by atoms with Gasteiger partial charge in [-0.05, 0) is 13.0 Å². The molecule has 0 aromatic carbocycles. The summed E-state index contributed by atoms with van der Waals surface area (Å²) in [6.07, 6.45) is 3.68. The van der Waals surface area contributed by atoms with Gasteiger partial charge in [0, 0.05) is 31.5 Å². The van der Waals surface area contributed by atoms with E-state index >= 15 is 0 Å². The summed E-state index contributed by atoms with van der Waals surface area (Å²) in [5.41, 5.74) is 0.737. The standard InChI is InChI=1S/C14H19N5O3/c1-11-7-14(22-17-11)16-13(20)10-18-5-6-21-12(8-18)9-19-4-2-3-15-19/h2-4,7,12H,5-6,8-10H2,1H3,(H,16,20)/t12-/m0/s1. The van der Waals surface area contributed by atoms with Gasteiger partial charge in [0.2, 0.25) is 11.8 Å². The molecule has 0 radical (unpaired) electrons. The lowest BCUT2D eigenvalue weighted by molar-refractivity contribution is -0.119. The maximum absolute atomic E-state index is 12.0. The van der Waals surface area contributed by atoms with Crippen LogP contribution in [0.5, 0.6) is 0 Å². The fourth-order valence-corrected chi connectivity index (χ4v) is 2.45. The van der Waals surface area contributed by atoms with Crippen molar-refractivity contribution in [2.24, 2.45) is 0 Å². The Morgan fingerprint density at radius 1 is 1.55 bits per heavy atom. The smallest absolute Gasteiger partial charge is 0.240 e. The molecule has 22 heavy (non-hydrogen) atoms. The fraction of sp³-hybridized carbons (Fsp3) is 0.500. The average molecular weight is 305 g/mol. The summed E-state index contributed by atoms with van der Waals surface area (Å²) in [5, 5.41) is 10.6. The predicted octanol–water partition coefficient (Wildman–Crippen LogP) is 0.519. The Kier molecular flexibility index (Phi) is 4.50. The second-order valence-electron chi connectivity index (χ2n) is 5.34. The molecule has 8 heteroatoms. The Bertz CT molecular complexity index is 610. The Morgan fingerprint density at radius 2 is 2.45 bits per heavy atom. The first kappa shape index (κ1) is 14.7. The number of hydrogen-bond donors (Lipinski definition) is 1. The minimum atomic E-state index is -0.115. The third kappa shape index (κ3) is 3.92. The van der Waals surface area contributed by atoms with Crippen molar-refractivity contribution in [2.45, 2.75) is 19.6 Å². The quantitative estimate of drug-likeness (QED) is 0.867. The van der Waals surface area contributed by atoms with E-state index in [-0.39, 0.29) is 12.0 Å². The first-order valence-corrected chi connectivity index (χ1v) is 7.23. The van der Waals surface area contributed by atoms with Crippen LogP contribution >= 0.6 is 0 Å². The van der Waals surface area contributed by atoms with Gasteiger partial charge < -0.3 is 9.26 Å². The van der Waals surface area contributed by atoms with Crippen molar-refractivity contribution in [3.8, 4) is 0 Å². The number of nitrogens with one attached hydrogen (secondary N) is 1. The topological polar surface area (TPSA) is 85.4 Å². The third-order valence-corrected chi connectivity index (χ3v) is 3.43. The lowest BCUT2D eigenvalue weighted by atomic mass is 10.2. The average Bonchev–Trinajstić information content (AvgIpc) is 3.11. The summed E-state index contributed by atoms with van der Waals surface area (Å²) < 4.78 is 12.5. The van der Waals surface area contributed by atoms with Crippen LogP contribution in [0.25, 0.3) is 0 Å². The molecule has 1 fully saturated rings. The van der Waals surface area contributed by atoms with Crippen molar-refractivity contribution in [1.29, 1.82) is 0 Å². The van der Waals surface area contributed by atoms with Crippen molar-refractivity contribution in [3.63, 3.8) is 0 Å². The normalized spacial score (nSPS) is 19.2. The highest BCUT2D eigenvalue weighted by molar-refractivity contribution is 5.90. The summed E-state index contributed by atoms with van der Waals surface area (Å²) in [6.45, 7) is 4.84. The molecule has 1 atom stereocenters. The predicted molar refractivity (Wildman–Crippen MR) is 78.3 cm³/mol. The lowest BCUT2D eigenvalue weighted by Crippen LogP contribution is -2.47. The Balaban J connectivity index is 1.48. The number of aromatic nitrogens is 3. The molecule has 1 N–H and O–H groups in total. The van der Waals surface area contributed by atoms with Crippen LogP contribution in [-0.4, -0.2) is 58.1 Å². The van der Waals surface area contributed by atoms with E-state index in [1.165, 1.54) is 0 Å². The van der Waals surface area contributed by atoms with E-state index in [1.54, 1.807) is 19.2 Å². The molecule has 0 spiro atoms. The van der Waals surface area contributed by atoms with Crippen LogP contribution in [0.15, 0.2) is 29.0 Å². The van der Waals surface area contributed by atoms with E-state index in [4.69, 9.17) is 9.26 Å². The molecule has 1 amide bonds. The maximum atomic E-state index is 12.0. The molecule has 3 heterocycles. The molecule has 2 aromatic heterocycles. The highest BCUT2D eigenvalue weighted by Crippen LogP contribution is 2.10. The largest absolute Gasteiger partial charge is 0.374 e. The number of morpholine rings is 1. The molecule has 3 rings (SSSR count). The minimum absolute atomic E-state index is 0.0361. The van der Waals surface area contributed by atoms with Gasteiger partial charge >= 0.3 is 0 Å². The molecule has 2 aromatic rings. The molecule has 0 aliphatic carbocycles. The van der Waals surface area contributed by atoms with E-state index in [1.807, 2.05) is 16.9 Å². The van der Waals surface area contributed by atoms with Gasteiger partial charge in [0.05, 0.1) is 31.5 Å². The lowest BCUT2D eigenvalue weighted by Gasteiger charge is -2.32. The van der Waals surface area contributed by atoms with E-state index in [9.17, 15) is 4.79 Å². The van der Waals surface area contributed by atoms with Gasteiger partial charge in [-0.1, -0.05) is 5.16 Å². The summed E-state index contributed by atoms with van der Waals surface area (Å²) in [5.74, 6) is 0.264. The molecule has 8 nitrogen and oxygen atoms in total. The van der Waals surface area contributed by atoms with Gasteiger partial charge in [0.25, 0.3) is 0 Å². The van der Waals surface area contributed by atoms with Crippen LogP contribution in [0, 0.1) is 6.92 Å². The molecule has 0 saturated carbocycles. The highest BCUT2D eigenvalue weighted by atomic mass is 16.5. The van der Waals surface area contributed by atoms with Crippen LogP contribution in [-0.2, 0) is 16.1 Å². The Labute approximate surface area is 128 Å². The molecule has 1 saturated heterocycles. The van der Waals surface area contributed by atoms with Gasteiger partial charge in [-0.15, -0.1) is 0 Å². The zero-order chi connectivity index (χ0) is 15.4. The summed E-state index contributed by atoms with van der Waals surface area (Å²) in [7, 11) is 0. The monoisotopic (exact) mass is 305 g/mol. The number of carbonyl (C=O) groups is 1. The van der Waals surface area contributed by atoms with Crippen LogP contribution < -0.4 is 5.32 Å². The van der Waals surface area contributed by atoms with Crippen molar-refractivity contribution < 1.29 is 14.1 Å². The zero-order valence-electron chi connectivity index (χ0n) is 12.4. The summed E-state index contributed by atoms with van der Waals surface area (Å²) in [6, 6.07) is 3.57.